The molecule has 1 aromatic heterocycles. The van der Waals surface area contributed by atoms with E-state index in [9.17, 15) is 14.4 Å². The van der Waals surface area contributed by atoms with Crippen molar-refractivity contribution in [2.75, 3.05) is 0 Å². The molecule has 0 aliphatic heterocycles. The molecule has 0 N–H and O–H groups in total. The Morgan fingerprint density at radius 2 is 1.59 bits per heavy atom. The van der Waals surface area contributed by atoms with Crippen LogP contribution in [0.2, 0.25) is 0 Å². The van der Waals surface area contributed by atoms with Gasteiger partial charge in [-0.15, -0.1) is 0 Å². The number of nitrogens with zero attached hydrogens (tertiary/aromatic N) is 2. The highest BCUT2D eigenvalue weighted by molar-refractivity contribution is 5.75. The van der Waals surface area contributed by atoms with E-state index in [2.05, 4.69) is 13.8 Å². The quantitative estimate of drug-likeness (QED) is 0.759. The first kappa shape index (κ1) is 20.3. The first-order valence-electron chi connectivity index (χ1n) is 8.04. The minimum Gasteiger partial charge on any atom is -0.301 e. The summed E-state index contributed by atoms with van der Waals surface area (Å²) in [5, 5.41) is 0. The highest BCUT2D eigenvalue weighted by atomic mass is 16.2. The molecular formula is C17H30N2O3. The third-order valence-corrected chi connectivity index (χ3v) is 3.79. The summed E-state index contributed by atoms with van der Waals surface area (Å²) in [6, 6.07) is 0. The Bertz CT molecular complexity index is 558. The molecule has 126 valence electrons. The summed E-state index contributed by atoms with van der Waals surface area (Å²) in [6.07, 6.45) is 4.51. The lowest BCUT2D eigenvalue weighted by Gasteiger charge is -2.11. The van der Waals surface area contributed by atoms with Gasteiger partial charge in [-0.2, -0.15) is 0 Å². The Balaban J connectivity index is 0.000000980. The number of aromatic nitrogens is 2. The predicted molar refractivity (Wildman–Crippen MR) is 90.5 cm³/mol. The van der Waals surface area contributed by atoms with Gasteiger partial charge in [0.25, 0.3) is 5.56 Å². The third-order valence-electron chi connectivity index (χ3n) is 3.79. The van der Waals surface area contributed by atoms with Crippen molar-refractivity contribution in [3.8, 4) is 0 Å². The Kier molecular flexibility index (Phi) is 9.38. The van der Waals surface area contributed by atoms with E-state index >= 15 is 0 Å². The molecule has 1 rings (SSSR count). The van der Waals surface area contributed by atoms with Crippen LogP contribution in [0.3, 0.4) is 0 Å². The lowest BCUT2D eigenvalue weighted by atomic mass is 10.2. The topological polar surface area (TPSA) is 61.1 Å². The number of hydrogen-bond donors (Lipinski definition) is 0. The molecule has 5 heteroatoms. The fourth-order valence-corrected chi connectivity index (χ4v) is 1.86. The standard InChI is InChI=1S/C13H20N2O3.C4H10/c1-9(16)7-5-6-8-15-12(17)10(2)11(3)14(4)13(15)18;1-3-4-2/h5-8H2,1-4H3;3-4H2,1-2H3. The Hall–Kier alpha value is -1.65. The van der Waals surface area contributed by atoms with Gasteiger partial charge < -0.3 is 9.36 Å². The lowest BCUT2D eigenvalue weighted by molar-refractivity contribution is -0.117. The molecule has 5 nitrogen and oxygen atoms in total. The zero-order valence-electron chi connectivity index (χ0n) is 14.9. The molecule has 0 aliphatic carbocycles. The van der Waals surface area contributed by atoms with Gasteiger partial charge in [-0.1, -0.05) is 26.7 Å². The second-order valence-electron chi connectivity index (χ2n) is 5.67. The summed E-state index contributed by atoms with van der Waals surface area (Å²) in [7, 11) is 1.66. The van der Waals surface area contributed by atoms with Crippen molar-refractivity contribution in [2.45, 2.75) is 73.3 Å². The second-order valence-corrected chi connectivity index (χ2v) is 5.67. The third kappa shape index (κ3) is 6.00. The van der Waals surface area contributed by atoms with Crippen LogP contribution < -0.4 is 11.2 Å². The highest BCUT2D eigenvalue weighted by Gasteiger charge is 2.10. The number of ketones is 1. The number of carbonyl (C=O) groups excluding carboxylic acids is 1. The SMILES string of the molecule is CC(=O)CCCCn1c(=O)c(C)c(C)n(C)c1=O.CCCC. The van der Waals surface area contributed by atoms with Crippen LogP contribution in [0.5, 0.6) is 0 Å². The predicted octanol–water partition coefficient (Wildman–Crippen LogP) is 2.73. The molecule has 0 spiro atoms. The van der Waals surface area contributed by atoms with Crippen LogP contribution in [0, 0.1) is 13.8 Å². The fraction of sp³-hybridized carbons (Fsp3) is 0.706. The van der Waals surface area contributed by atoms with E-state index in [1.807, 2.05) is 0 Å². The maximum atomic E-state index is 12.0. The number of Topliss-reactive ketones (excluding diaryl/α,β-unsaturated/α-hetero) is 1. The average molecular weight is 310 g/mol. The zero-order valence-corrected chi connectivity index (χ0v) is 14.9. The molecule has 0 unspecified atom stereocenters. The van der Waals surface area contributed by atoms with Crippen molar-refractivity contribution < 1.29 is 4.79 Å². The van der Waals surface area contributed by atoms with Crippen LogP contribution in [0.15, 0.2) is 9.59 Å². The van der Waals surface area contributed by atoms with E-state index in [1.165, 1.54) is 22.0 Å². The Labute approximate surface area is 133 Å². The maximum Gasteiger partial charge on any atom is 0.330 e. The van der Waals surface area contributed by atoms with Crippen molar-refractivity contribution in [2.24, 2.45) is 7.05 Å². The molecule has 0 aliphatic rings. The maximum absolute atomic E-state index is 12.0. The summed E-state index contributed by atoms with van der Waals surface area (Å²) < 4.78 is 2.74. The number of unbranched alkanes of at least 4 members (excludes halogenated alkanes) is 2. The number of hydrogen-bond acceptors (Lipinski definition) is 3. The zero-order chi connectivity index (χ0) is 17.3. The van der Waals surface area contributed by atoms with Gasteiger partial charge in [0.15, 0.2) is 0 Å². The molecule has 0 bridgehead atoms. The molecule has 0 saturated heterocycles. The normalized spacial score (nSPS) is 10.1. The van der Waals surface area contributed by atoms with Gasteiger partial charge in [-0.3, -0.25) is 9.36 Å². The van der Waals surface area contributed by atoms with Crippen LogP contribution in [-0.4, -0.2) is 14.9 Å². The largest absolute Gasteiger partial charge is 0.330 e. The van der Waals surface area contributed by atoms with Gasteiger partial charge >= 0.3 is 5.69 Å². The summed E-state index contributed by atoms with van der Waals surface area (Å²) >= 11 is 0. The van der Waals surface area contributed by atoms with Crippen molar-refractivity contribution in [3.63, 3.8) is 0 Å². The van der Waals surface area contributed by atoms with Crippen LogP contribution in [0.1, 0.15) is 64.1 Å². The molecular weight excluding hydrogens is 280 g/mol. The van der Waals surface area contributed by atoms with Gasteiger partial charge in [-0.05, 0) is 33.6 Å². The van der Waals surface area contributed by atoms with Gasteiger partial charge in [-0.25, -0.2) is 4.79 Å². The fourth-order valence-electron chi connectivity index (χ4n) is 1.86. The first-order chi connectivity index (χ1) is 10.3. The van der Waals surface area contributed by atoms with Crippen molar-refractivity contribution in [3.05, 3.63) is 32.1 Å². The molecule has 0 radical (unpaired) electrons. The molecule has 0 amide bonds. The lowest BCUT2D eigenvalue weighted by Crippen LogP contribution is -2.41. The average Bonchev–Trinajstić information content (AvgIpc) is 2.50. The van der Waals surface area contributed by atoms with E-state index in [0.717, 1.165) is 0 Å². The molecule has 0 saturated carbocycles. The van der Waals surface area contributed by atoms with Gasteiger partial charge in [0.2, 0.25) is 0 Å². The summed E-state index contributed by atoms with van der Waals surface area (Å²) in [6.45, 7) is 9.77. The van der Waals surface area contributed by atoms with E-state index in [0.29, 0.717) is 37.1 Å². The molecule has 1 aromatic rings. The smallest absolute Gasteiger partial charge is 0.301 e. The van der Waals surface area contributed by atoms with Crippen LogP contribution in [-0.2, 0) is 18.4 Å². The monoisotopic (exact) mass is 310 g/mol. The van der Waals surface area contributed by atoms with E-state index in [-0.39, 0.29) is 17.0 Å². The van der Waals surface area contributed by atoms with Gasteiger partial charge in [0, 0.05) is 31.3 Å². The highest BCUT2D eigenvalue weighted by Crippen LogP contribution is 1.99. The van der Waals surface area contributed by atoms with Crippen molar-refractivity contribution in [1.82, 2.24) is 9.13 Å². The second kappa shape index (κ2) is 10.1. The minimum atomic E-state index is -0.286. The molecule has 0 fully saturated rings. The van der Waals surface area contributed by atoms with E-state index in [4.69, 9.17) is 0 Å². The first-order valence-corrected chi connectivity index (χ1v) is 8.04. The molecule has 22 heavy (non-hydrogen) atoms. The minimum absolute atomic E-state index is 0.135. The molecule has 0 aromatic carbocycles. The van der Waals surface area contributed by atoms with Crippen LogP contribution >= 0.6 is 0 Å². The molecule has 0 atom stereocenters. The molecule has 1 heterocycles. The van der Waals surface area contributed by atoms with Gasteiger partial charge in [0.05, 0.1) is 0 Å². The van der Waals surface area contributed by atoms with Crippen molar-refractivity contribution >= 4 is 5.78 Å². The number of carbonyl (C=O) groups is 1. The Morgan fingerprint density at radius 1 is 1.05 bits per heavy atom. The number of rotatable bonds is 6. The Morgan fingerprint density at radius 3 is 2.05 bits per heavy atom. The van der Waals surface area contributed by atoms with Crippen LogP contribution in [0.4, 0.5) is 0 Å². The van der Waals surface area contributed by atoms with E-state index < -0.39 is 0 Å². The van der Waals surface area contributed by atoms with Gasteiger partial charge in [0.1, 0.15) is 5.78 Å². The van der Waals surface area contributed by atoms with E-state index in [1.54, 1.807) is 27.8 Å². The van der Waals surface area contributed by atoms with Crippen LogP contribution in [0.25, 0.3) is 0 Å². The summed E-state index contributed by atoms with van der Waals surface area (Å²) in [5.41, 5.74) is 0.790. The van der Waals surface area contributed by atoms with Crippen molar-refractivity contribution in [1.29, 1.82) is 0 Å². The summed E-state index contributed by atoms with van der Waals surface area (Å²) in [4.78, 5) is 34.7. The summed E-state index contributed by atoms with van der Waals surface area (Å²) in [5.74, 6) is 0.135.